The van der Waals surface area contributed by atoms with Crippen molar-refractivity contribution in [3.8, 4) is 5.75 Å². The van der Waals surface area contributed by atoms with Crippen LogP contribution in [0.25, 0.3) is 0 Å². The molecule has 0 spiro atoms. The summed E-state index contributed by atoms with van der Waals surface area (Å²) in [4.78, 5) is 26.6. The van der Waals surface area contributed by atoms with Gasteiger partial charge in [-0.3, -0.25) is 9.59 Å². The zero-order valence-electron chi connectivity index (χ0n) is 14.2. The molecule has 0 bridgehead atoms. The van der Waals surface area contributed by atoms with Gasteiger partial charge in [0.15, 0.2) is 0 Å². The van der Waals surface area contributed by atoms with Crippen LogP contribution in [0.15, 0.2) is 47.4 Å². The monoisotopic (exact) mass is 378 g/mol. The summed E-state index contributed by atoms with van der Waals surface area (Å²) in [6.07, 6.45) is 0. The van der Waals surface area contributed by atoms with Gasteiger partial charge in [-0.25, -0.2) is 0 Å². The molecule has 0 aliphatic carbocycles. The largest absolute Gasteiger partial charge is 0.495 e. The summed E-state index contributed by atoms with van der Waals surface area (Å²) >= 11 is 7.42. The summed E-state index contributed by atoms with van der Waals surface area (Å²) in [5.74, 6) is 0.535. The molecule has 0 atom stereocenters. The van der Waals surface area contributed by atoms with Crippen molar-refractivity contribution in [1.82, 2.24) is 4.90 Å². The Bertz CT molecular complexity index is 781. The number of ether oxygens (including phenoxy) is 1. The summed E-state index contributed by atoms with van der Waals surface area (Å²) in [6.45, 7) is 0. The standard InChI is InChI=1S/C18H19ClN2O3S/c1-21(2)17(22)11-25-16-7-5-4-6-13(16)18(23)20-12-8-9-15(24-3)14(19)10-12/h4-10H,11H2,1-3H3,(H,20,23). The molecule has 0 saturated heterocycles. The fourth-order valence-corrected chi connectivity index (χ4v) is 3.28. The van der Waals surface area contributed by atoms with Crippen molar-refractivity contribution in [3.63, 3.8) is 0 Å². The van der Waals surface area contributed by atoms with Crippen LogP contribution < -0.4 is 10.1 Å². The van der Waals surface area contributed by atoms with Crippen LogP contribution in [0.1, 0.15) is 10.4 Å². The molecule has 132 valence electrons. The zero-order valence-corrected chi connectivity index (χ0v) is 15.8. The summed E-state index contributed by atoms with van der Waals surface area (Å²) in [6, 6.07) is 12.2. The van der Waals surface area contributed by atoms with E-state index in [0.29, 0.717) is 22.0 Å². The third kappa shape index (κ3) is 5.14. The molecular formula is C18H19ClN2O3S. The number of nitrogens with zero attached hydrogens (tertiary/aromatic N) is 1. The third-order valence-corrected chi connectivity index (χ3v) is 4.74. The predicted molar refractivity (Wildman–Crippen MR) is 102 cm³/mol. The Morgan fingerprint density at radius 2 is 1.92 bits per heavy atom. The van der Waals surface area contributed by atoms with Gasteiger partial charge in [0.25, 0.3) is 5.91 Å². The van der Waals surface area contributed by atoms with Gasteiger partial charge in [-0.2, -0.15) is 0 Å². The number of hydrogen-bond acceptors (Lipinski definition) is 4. The average molecular weight is 379 g/mol. The van der Waals surface area contributed by atoms with Crippen molar-refractivity contribution in [1.29, 1.82) is 0 Å². The Morgan fingerprint density at radius 1 is 1.20 bits per heavy atom. The number of anilines is 1. The van der Waals surface area contributed by atoms with Gasteiger partial charge in [0.05, 0.1) is 23.4 Å². The molecule has 0 aliphatic heterocycles. The minimum absolute atomic E-state index is 0.0119. The van der Waals surface area contributed by atoms with Gasteiger partial charge in [-0.05, 0) is 30.3 Å². The molecule has 0 aromatic heterocycles. The Hall–Kier alpha value is -2.18. The number of methoxy groups -OCH3 is 1. The number of halogens is 1. The third-order valence-electron chi connectivity index (χ3n) is 3.39. The average Bonchev–Trinajstić information content (AvgIpc) is 2.60. The maximum absolute atomic E-state index is 12.6. The summed E-state index contributed by atoms with van der Waals surface area (Å²) in [5, 5.41) is 3.23. The first kappa shape index (κ1) is 19.1. The Morgan fingerprint density at radius 3 is 2.56 bits per heavy atom. The van der Waals surface area contributed by atoms with Crippen molar-refractivity contribution in [2.45, 2.75) is 4.90 Å². The van der Waals surface area contributed by atoms with Crippen LogP contribution in [0.5, 0.6) is 5.75 Å². The van der Waals surface area contributed by atoms with Gasteiger partial charge < -0.3 is 15.0 Å². The smallest absolute Gasteiger partial charge is 0.256 e. The SMILES string of the molecule is COc1ccc(NC(=O)c2ccccc2SCC(=O)N(C)C)cc1Cl. The highest BCUT2D eigenvalue weighted by Crippen LogP contribution is 2.28. The molecule has 0 aliphatic rings. The van der Waals surface area contributed by atoms with Gasteiger partial charge in [0.1, 0.15) is 5.75 Å². The summed E-state index contributed by atoms with van der Waals surface area (Å²) < 4.78 is 5.10. The highest BCUT2D eigenvalue weighted by molar-refractivity contribution is 8.00. The molecule has 1 N–H and O–H groups in total. The molecule has 0 radical (unpaired) electrons. The van der Waals surface area contributed by atoms with E-state index < -0.39 is 0 Å². The summed E-state index contributed by atoms with van der Waals surface area (Å²) in [7, 11) is 4.94. The Labute approximate surface area is 156 Å². The van der Waals surface area contributed by atoms with Gasteiger partial charge in [-0.1, -0.05) is 23.7 Å². The number of rotatable bonds is 6. The van der Waals surface area contributed by atoms with E-state index in [2.05, 4.69) is 5.32 Å². The van der Waals surface area contributed by atoms with Crippen molar-refractivity contribution >= 4 is 40.9 Å². The predicted octanol–water partition coefficient (Wildman–Crippen LogP) is 3.78. The van der Waals surface area contributed by atoms with Gasteiger partial charge in [0, 0.05) is 24.7 Å². The first-order chi connectivity index (χ1) is 11.9. The van der Waals surface area contributed by atoms with E-state index in [4.69, 9.17) is 16.3 Å². The number of nitrogens with one attached hydrogen (secondary N) is 1. The molecule has 0 fully saturated rings. The Kier molecular flexibility index (Phi) is 6.73. The quantitative estimate of drug-likeness (QED) is 0.777. The number of carbonyl (C=O) groups excluding carboxylic acids is 2. The second kappa shape index (κ2) is 8.78. The van der Waals surface area contributed by atoms with Crippen LogP contribution in [-0.2, 0) is 4.79 Å². The maximum Gasteiger partial charge on any atom is 0.256 e. The van der Waals surface area contributed by atoms with Crippen LogP contribution in [0.3, 0.4) is 0 Å². The van der Waals surface area contributed by atoms with E-state index in [-0.39, 0.29) is 17.6 Å². The lowest BCUT2D eigenvalue weighted by atomic mass is 10.2. The fraction of sp³-hybridized carbons (Fsp3) is 0.222. The zero-order chi connectivity index (χ0) is 18.4. The van der Waals surface area contributed by atoms with E-state index in [1.165, 1.54) is 23.8 Å². The molecule has 0 unspecified atom stereocenters. The normalized spacial score (nSPS) is 10.2. The second-order valence-electron chi connectivity index (χ2n) is 5.38. The first-order valence-corrected chi connectivity index (χ1v) is 8.85. The highest BCUT2D eigenvalue weighted by atomic mass is 35.5. The summed E-state index contributed by atoms with van der Waals surface area (Å²) in [5.41, 5.74) is 1.07. The molecule has 2 aromatic carbocycles. The van der Waals surface area contributed by atoms with Crippen LogP contribution in [0.4, 0.5) is 5.69 Å². The van der Waals surface area contributed by atoms with Crippen molar-refractivity contribution in [2.75, 3.05) is 32.3 Å². The van der Waals surface area contributed by atoms with E-state index in [1.807, 2.05) is 12.1 Å². The maximum atomic E-state index is 12.6. The van der Waals surface area contributed by atoms with Crippen molar-refractivity contribution in [2.24, 2.45) is 0 Å². The van der Waals surface area contributed by atoms with Crippen LogP contribution in [0.2, 0.25) is 5.02 Å². The molecule has 2 rings (SSSR count). The molecule has 2 aromatic rings. The number of thioether (sulfide) groups is 1. The van der Waals surface area contributed by atoms with Gasteiger partial charge in [0.2, 0.25) is 5.91 Å². The molecule has 5 nitrogen and oxygen atoms in total. The van der Waals surface area contributed by atoms with Crippen LogP contribution >= 0.6 is 23.4 Å². The molecule has 25 heavy (non-hydrogen) atoms. The Balaban J connectivity index is 2.14. The molecule has 0 saturated carbocycles. The minimum atomic E-state index is -0.262. The van der Waals surface area contributed by atoms with E-state index in [0.717, 1.165) is 4.90 Å². The molecular weight excluding hydrogens is 360 g/mol. The molecule has 0 heterocycles. The van der Waals surface area contributed by atoms with E-state index in [9.17, 15) is 9.59 Å². The number of hydrogen-bond donors (Lipinski definition) is 1. The van der Waals surface area contributed by atoms with Crippen molar-refractivity contribution in [3.05, 3.63) is 53.1 Å². The van der Waals surface area contributed by atoms with Crippen LogP contribution in [-0.4, -0.2) is 43.7 Å². The minimum Gasteiger partial charge on any atom is -0.495 e. The van der Waals surface area contributed by atoms with E-state index >= 15 is 0 Å². The van der Waals surface area contributed by atoms with Crippen molar-refractivity contribution < 1.29 is 14.3 Å². The molecule has 7 heteroatoms. The number of amides is 2. The fourth-order valence-electron chi connectivity index (χ4n) is 1.99. The van der Waals surface area contributed by atoms with E-state index in [1.54, 1.807) is 44.4 Å². The highest BCUT2D eigenvalue weighted by Gasteiger charge is 2.14. The van der Waals surface area contributed by atoms with Crippen LogP contribution in [0, 0.1) is 0 Å². The number of benzene rings is 2. The lowest BCUT2D eigenvalue weighted by molar-refractivity contribution is -0.125. The second-order valence-corrected chi connectivity index (χ2v) is 6.80. The lowest BCUT2D eigenvalue weighted by Gasteiger charge is -2.12. The topological polar surface area (TPSA) is 58.6 Å². The first-order valence-electron chi connectivity index (χ1n) is 7.49. The van der Waals surface area contributed by atoms with Gasteiger partial charge in [-0.15, -0.1) is 11.8 Å². The molecule has 2 amide bonds. The van der Waals surface area contributed by atoms with Gasteiger partial charge >= 0.3 is 0 Å². The lowest BCUT2D eigenvalue weighted by Crippen LogP contribution is -2.23. The number of carbonyl (C=O) groups is 2.